The Morgan fingerprint density at radius 1 is 1.10 bits per heavy atom. The predicted molar refractivity (Wildman–Crippen MR) is 49.4 cm³/mol. The standard InChI is InChI=1S/C7H9N.C2H6/c1-3-5-6-7-8-4-2;1-2/h3-7H,1-2H2;1-2H3/b6-5-,8-7?;. The minimum absolute atomic E-state index is 1.48. The van der Waals surface area contributed by atoms with Crippen LogP contribution < -0.4 is 0 Å². The van der Waals surface area contributed by atoms with Crippen molar-refractivity contribution in [1.29, 1.82) is 0 Å². The van der Waals surface area contributed by atoms with E-state index in [1.165, 1.54) is 6.20 Å². The van der Waals surface area contributed by atoms with Crippen molar-refractivity contribution < 1.29 is 0 Å². The van der Waals surface area contributed by atoms with Crippen molar-refractivity contribution in [2.24, 2.45) is 4.99 Å². The van der Waals surface area contributed by atoms with Gasteiger partial charge in [0, 0.05) is 12.4 Å². The predicted octanol–water partition coefficient (Wildman–Crippen LogP) is 2.97. The van der Waals surface area contributed by atoms with Crippen LogP contribution in [0.5, 0.6) is 0 Å². The van der Waals surface area contributed by atoms with E-state index in [1.54, 1.807) is 24.4 Å². The highest BCUT2D eigenvalue weighted by Gasteiger charge is 1.55. The summed E-state index contributed by atoms with van der Waals surface area (Å²) < 4.78 is 0. The fourth-order valence-corrected chi connectivity index (χ4v) is 0.239. The maximum atomic E-state index is 3.71. The zero-order valence-corrected chi connectivity index (χ0v) is 6.75. The average Bonchev–Trinajstić information content (AvgIpc) is 2.02. The molecule has 0 aliphatic rings. The van der Waals surface area contributed by atoms with Crippen molar-refractivity contribution >= 4 is 6.21 Å². The first kappa shape index (κ1) is 11.7. The Hall–Kier alpha value is -1.11. The van der Waals surface area contributed by atoms with Gasteiger partial charge in [0.25, 0.3) is 0 Å². The van der Waals surface area contributed by atoms with Crippen LogP contribution in [-0.4, -0.2) is 6.21 Å². The van der Waals surface area contributed by atoms with Crippen LogP contribution in [0.2, 0.25) is 0 Å². The molecule has 0 atom stereocenters. The average molecular weight is 137 g/mol. The molecule has 0 aromatic rings. The van der Waals surface area contributed by atoms with Gasteiger partial charge in [-0.25, -0.2) is 0 Å². The van der Waals surface area contributed by atoms with Crippen LogP contribution in [0.1, 0.15) is 13.8 Å². The molecule has 0 amide bonds. The number of hydrogen-bond acceptors (Lipinski definition) is 1. The second-order valence-electron chi connectivity index (χ2n) is 1.10. The highest BCUT2D eigenvalue weighted by Crippen LogP contribution is 1.69. The topological polar surface area (TPSA) is 12.4 Å². The third kappa shape index (κ3) is 15.8. The molecule has 0 heterocycles. The zero-order chi connectivity index (χ0) is 8.24. The van der Waals surface area contributed by atoms with E-state index in [0.29, 0.717) is 0 Å². The highest BCUT2D eigenvalue weighted by molar-refractivity contribution is 5.71. The first-order chi connectivity index (χ1) is 4.91. The summed E-state index contributed by atoms with van der Waals surface area (Å²) in [5.74, 6) is 0. The van der Waals surface area contributed by atoms with Crippen molar-refractivity contribution in [3.63, 3.8) is 0 Å². The third-order valence-electron chi connectivity index (χ3n) is 0.525. The molecular weight excluding hydrogens is 122 g/mol. The van der Waals surface area contributed by atoms with Gasteiger partial charge in [0.05, 0.1) is 0 Å². The summed E-state index contributed by atoms with van der Waals surface area (Å²) in [5, 5.41) is 0. The van der Waals surface area contributed by atoms with E-state index in [4.69, 9.17) is 0 Å². The SMILES string of the molecule is C=C/C=C\C=NC=C.CC. The molecule has 0 aliphatic carbocycles. The quantitative estimate of drug-likeness (QED) is 0.419. The van der Waals surface area contributed by atoms with Gasteiger partial charge in [-0.15, -0.1) is 0 Å². The van der Waals surface area contributed by atoms with Gasteiger partial charge in [-0.2, -0.15) is 0 Å². The molecule has 0 bridgehead atoms. The Bertz CT molecular complexity index is 105. The van der Waals surface area contributed by atoms with Crippen LogP contribution in [0.25, 0.3) is 0 Å². The van der Waals surface area contributed by atoms with E-state index in [-0.39, 0.29) is 0 Å². The molecule has 1 heteroatoms. The number of aliphatic imine (C=N–C) groups is 1. The molecule has 0 N–H and O–H groups in total. The third-order valence-corrected chi connectivity index (χ3v) is 0.525. The van der Waals surface area contributed by atoms with Crippen molar-refractivity contribution in [3.05, 3.63) is 37.6 Å². The van der Waals surface area contributed by atoms with Crippen LogP contribution in [0.3, 0.4) is 0 Å². The maximum absolute atomic E-state index is 3.71. The van der Waals surface area contributed by atoms with Gasteiger partial charge in [0.1, 0.15) is 0 Å². The maximum Gasteiger partial charge on any atom is 0.0267 e. The fourth-order valence-electron chi connectivity index (χ4n) is 0.239. The number of rotatable bonds is 3. The zero-order valence-electron chi connectivity index (χ0n) is 6.75. The van der Waals surface area contributed by atoms with Crippen LogP contribution in [0.4, 0.5) is 0 Å². The summed E-state index contributed by atoms with van der Waals surface area (Å²) in [5.41, 5.74) is 0. The van der Waals surface area contributed by atoms with E-state index in [9.17, 15) is 0 Å². The van der Waals surface area contributed by atoms with E-state index >= 15 is 0 Å². The Labute approximate surface area is 63.5 Å². The second kappa shape index (κ2) is 15.7. The largest absolute Gasteiger partial charge is 0.265 e. The minimum atomic E-state index is 1.48. The van der Waals surface area contributed by atoms with Gasteiger partial charge in [-0.1, -0.05) is 39.2 Å². The second-order valence-corrected chi connectivity index (χ2v) is 1.10. The Kier molecular flexibility index (Phi) is 18.3. The van der Waals surface area contributed by atoms with Gasteiger partial charge in [0.2, 0.25) is 0 Å². The van der Waals surface area contributed by atoms with Crippen LogP contribution in [0, 0.1) is 0 Å². The number of allylic oxidation sites excluding steroid dienone is 3. The summed E-state index contributed by atoms with van der Waals surface area (Å²) >= 11 is 0. The monoisotopic (exact) mass is 137 g/mol. The minimum Gasteiger partial charge on any atom is -0.265 e. The van der Waals surface area contributed by atoms with E-state index < -0.39 is 0 Å². The summed E-state index contributed by atoms with van der Waals surface area (Å²) in [6.45, 7) is 10.9. The first-order valence-corrected chi connectivity index (χ1v) is 3.33. The van der Waals surface area contributed by atoms with Gasteiger partial charge in [0.15, 0.2) is 0 Å². The van der Waals surface area contributed by atoms with Crippen LogP contribution in [0.15, 0.2) is 42.6 Å². The summed E-state index contributed by atoms with van der Waals surface area (Å²) in [7, 11) is 0. The van der Waals surface area contributed by atoms with Crippen molar-refractivity contribution in [2.75, 3.05) is 0 Å². The molecule has 0 aromatic carbocycles. The first-order valence-electron chi connectivity index (χ1n) is 3.33. The highest BCUT2D eigenvalue weighted by atomic mass is 14.6. The smallest absolute Gasteiger partial charge is 0.0267 e. The van der Waals surface area contributed by atoms with Gasteiger partial charge in [-0.3, -0.25) is 4.99 Å². The molecule has 0 unspecified atom stereocenters. The normalized spacial score (nSPS) is 9.00. The Balaban J connectivity index is 0. The summed E-state index contributed by atoms with van der Waals surface area (Å²) in [6, 6.07) is 0. The van der Waals surface area contributed by atoms with Crippen molar-refractivity contribution in [1.82, 2.24) is 0 Å². The van der Waals surface area contributed by atoms with E-state index in [2.05, 4.69) is 18.2 Å². The number of hydrogen-bond donors (Lipinski definition) is 0. The van der Waals surface area contributed by atoms with E-state index in [1.807, 2.05) is 13.8 Å². The molecule has 0 spiro atoms. The Morgan fingerprint density at radius 2 is 1.70 bits per heavy atom. The molecule has 0 aromatic heterocycles. The van der Waals surface area contributed by atoms with E-state index in [0.717, 1.165) is 0 Å². The Morgan fingerprint density at radius 3 is 2.10 bits per heavy atom. The fraction of sp³-hybridized carbons (Fsp3) is 0.222. The van der Waals surface area contributed by atoms with Crippen molar-refractivity contribution in [3.8, 4) is 0 Å². The molecule has 10 heavy (non-hydrogen) atoms. The van der Waals surface area contributed by atoms with Crippen LogP contribution >= 0.6 is 0 Å². The molecule has 0 aliphatic heterocycles. The summed E-state index contributed by atoms with van der Waals surface area (Å²) in [4.78, 5) is 3.71. The molecule has 0 fully saturated rings. The lowest BCUT2D eigenvalue weighted by Gasteiger charge is -1.67. The molecule has 56 valence electrons. The number of nitrogens with zero attached hydrogens (tertiary/aromatic N) is 1. The molecule has 0 saturated carbocycles. The summed E-state index contributed by atoms with van der Waals surface area (Å²) in [6.07, 6.45) is 8.40. The molecule has 0 saturated heterocycles. The van der Waals surface area contributed by atoms with Gasteiger partial charge < -0.3 is 0 Å². The van der Waals surface area contributed by atoms with Crippen LogP contribution in [-0.2, 0) is 0 Å². The molecule has 1 nitrogen and oxygen atoms in total. The van der Waals surface area contributed by atoms with Gasteiger partial charge in [-0.05, 0) is 6.08 Å². The molecule has 0 radical (unpaired) electrons. The molecule has 0 rings (SSSR count). The lowest BCUT2D eigenvalue weighted by Crippen LogP contribution is -1.57. The lowest BCUT2D eigenvalue weighted by molar-refractivity contribution is 1.50. The lowest BCUT2D eigenvalue weighted by atomic mass is 10.5. The van der Waals surface area contributed by atoms with Crippen molar-refractivity contribution in [2.45, 2.75) is 13.8 Å². The van der Waals surface area contributed by atoms with Gasteiger partial charge >= 0.3 is 0 Å². The molecular formula is C9H15N.